The van der Waals surface area contributed by atoms with Gasteiger partial charge in [-0.05, 0) is 55.7 Å². The number of carbonyl (C=O) groups excluding carboxylic acids is 1. The molecule has 4 nitrogen and oxygen atoms in total. The highest BCUT2D eigenvalue weighted by atomic mass is 35.5. The molecule has 2 aromatic carbocycles. The number of rotatable bonds is 4. The zero-order valence-corrected chi connectivity index (χ0v) is 13.1. The first-order valence-electron chi connectivity index (χ1n) is 7.26. The zero-order valence-electron chi connectivity index (χ0n) is 12.3. The van der Waals surface area contributed by atoms with Gasteiger partial charge in [0.25, 0.3) is 5.91 Å². The summed E-state index contributed by atoms with van der Waals surface area (Å²) in [5.74, 6) is -0.100. The molecule has 0 heterocycles. The third-order valence-corrected chi connectivity index (χ3v) is 3.90. The van der Waals surface area contributed by atoms with E-state index in [9.17, 15) is 4.79 Å². The molecule has 3 rings (SSSR count). The third kappa shape index (κ3) is 3.34. The van der Waals surface area contributed by atoms with Crippen molar-refractivity contribution in [3.05, 3.63) is 52.5 Å². The molecule has 22 heavy (non-hydrogen) atoms. The maximum Gasteiger partial charge on any atom is 0.253 e. The van der Waals surface area contributed by atoms with E-state index in [-0.39, 0.29) is 5.91 Å². The van der Waals surface area contributed by atoms with Gasteiger partial charge in [0.05, 0.1) is 11.3 Å². The number of amides is 1. The summed E-state index contributed by atoms with van der Waals surface area (Å²) in [6.07, 6.45) is 2.09. The lowest BCUT2D eigenvalue weighted by Gasteiger charge is -2.15. The summed E-state index contributed by atoms with van der Waals surface area (Å²) < 4.78 is 0. The van der Waals surface area contributed by atoms with Crippen molar-refractivity contribution in [2.45, 2.75) is 25.8 Å². The molecule has 2 aromatic rings. The predicted molar refractivity (Wildman–Crippen MR) is 90.8 cm³/mol. The number of nitrogens with one attached hydrogen (secondary N) is 2. The van der Waals surface area contributed by atoms with Crippen molar-refractivity contribution in [1.82, 2.24) is 5.32 Å². The number of aryl methyl sites for hydroxylation is 1. The highest BCUT2D eigenvalue weighted by Gasteiger charge is 2.25. The molecule has 0 aliphatic heterocycles. The average Bonchev–Trinajstić information content (AvgIpc) is 3.28. The normalized spacial score (nSPS) is 13.7. The fraction of sp³-hybridized carbons (Fsp3) is 0.235. The van der Waals surface area contributed by atoms with E-state index >= 15 is 0 Å². The lowest BCUT2D eigenvalue weighted by molar-refractivity contribution is 0.0952. The second-order valence-electron chi connectivity index (χ2n) is 5.64. The lowest BCUT2D eigenvalue weighted by atomic mass is 10.1. The third-order valence-electron chi connectivity index (χ3n) is 3.67. The molecule has 1 amide bonds. The first-order chi connectivity index (χ1) is 10.5. The van der Waals surface area contributed by atoms with Gasteiger partial charge in [-0.1, -0.05) is 17.7 Å². The highest BCUT2D eigenvalue weighted by molar-refractivity contribution is 6.30. The second kappa shape index (κ2) is 5.89. The van der Waals surface area contributed by atoms with Crippen molar-refractivity contribution in [3.8, 4) is 0 Å². The molecular formula is C17H18ClN3O. The molecule has 0 spiro atoms. The number of carbonyl (C=O) groups is 1. The van der Waals surface area contributed by atoms with Crippen LogP contribution in [0.1, 0.15) is 28.8 Å². The van der Waals surface area contributed by atoms with E-state index in [1.807, 2.05) is 31.2 Å². The van der Waals surface area contributed by atoms with Crippen LogP contribution >= 0.6 is 11.6 Å². The largest absolute Gasteiger partial charge is 0.399 e. The number of benzene rings is 2. The van der Waals surface area contributed by atoms with Crippen LogP contribution in [0, 0.1) is 6.92 Å². The van der Waals surface area contributed by atoms with Crippen molar-refractivity contribution in [2.24, 2.45) is 0 Å². The quantitative estimate of drug-likeness (QED) is 0.750. The Balaban J connectivity index is 1.92. The molecule has 1 fully saturated rings. The fourth-order valence-corrected chi connectivity index (χ4v) is 2.40. The van der Waals surface area contributed by atoms with Crippen LogP contribution in [0.5, 0.6) is 0 Å². The van der Waals surface area contributed by atoms with Gasteiger partial charge < -0.3 is 16.4 Å². The molecule has 1 aliphatic carbocycles. The van der Waals surface area contributed by atoms with Gasteiger partial charge in [0.1, 0.15) is 0 Å². The van der Waals surface area contributed by atoms with E-state index < -0.39 is 0 Å². The van der Waals surface area contributed by atoms with E-state index in [4.69, 9.17) is 17.3 Å². The number of nitrogens with two attached hydrogens (primary N) is 1. The number of anilines is 3. The molecule has 0 atom stereocenters. The van der Waals surface area contributed by atoms with Gasteiger partial charge >= 0.3 is 0 Å². The van der Waals surface area contributed by atoms with Crippen LogP contribution in [0.4, 0.5) is 17.1 Å². The molecular weight excluding hydrogens is 298 g/mol. The van der Waals surface area contributed by atoms with Crippen molar-refractivity contribution >= 4 is 34.6 Å². The van der Waals surface area contributed by atoms with E-state index in [1.165, 1.54) is 0 Å². The minimum atomic E-state index is -0.100. The average molecular weight is 316 g/mol. The highest BCUT2D eigenvalue weighted by Crippen LogP contribution is 2.28. The Bertz CT molecular complexity index is 726. The minimum Gasteiger partial charge on any atom is -0.399 e. The maximum absolute atomic E-state index is 12.4. The Morgan fingerprint density at radius 1 is 1.18 bits per heavy atom. The van der Waals surface area contributed by atoms with E-state index in [0.29, 0.717) is 22.3 Å². The molecule has 0 radical (unpaired) electrons. The number of hydrogen-bond acceptors (Lipinski definition) is 3. The fourth-order valence-electron chi connectivity index (χ4n) is 2.22. The maximum atomic E-state index is 12.4. The van der Waals surface area contributed by atoms with Gasteiger partial charge in [0.15, 0.2) is 0 Å². The van der Waals surface area contributed by atoms with Crippen molar-refractivity contribution in [2.75, 3.05) is 11.1 Å². The summed E-state index contributed by atoms with van der Waals surface area (Å²) in [5.41, 5.74) is 9.59. The Morgan fingerprint density at radius 2 is 1.95 bits per heavy atom. The van der Waals surface area contributed by atoms with Crippen LogP contribution in [0.15, 0.2) is 36.4 Å². The Kier molecular flexibility index (Phi) is 3.94. The first-order valence-corrected chi connectivity index (χ1v) is 7.64. The predicted octanol–water partition coefficient (Wildman–Crippen LogP) is 3.87. The smallest absolute Gasteiger partial charge is 0.253 e. The summed E-state index contributed by atoms with van der Waals surface area (Å²) in [4.78, 5) is 12.4. The topological polar surface area (TPSA) is 67.1 Å². The van der Waals surface area contributed by atoms with Crippen LogP contribution in [-0.2, 0) is 0 Å². The summed E-state index contributed by atoms with van der Waals surface area (Å²) in [6.45, 7) is 1.99. The monoisotopic (exact) mass is 315 g/mol. The summed E-state index contributed by atoms with van der Waals surface area (Å²) >= 11 is 6.05. The molecule has 1 aliphatic rings. The second-order valence-corrected chi connectivity index (χ2v) is 6.07. The zero-order chi connectivity index (χ0) is 15.7. The van der Waals surface area contributed by atoms with Gasteiger partial charge in [0, 0.05) is 22.4 Å². The molecule has 0 aromatic heterocycles. The van der Waals surface area contributed by atoms with Crippen molar-refractivity contribution in [3.63, 3.8) is 0 Å². The van der Waals surface area contributed by atoms with Gasteiger partial charge in [-0.25, -0.2) is 0 Å². The van der Waals surface area contributed by atoms with Crippen molar-refractivity contribution < 1.29 is 4.79 Å². The van der Waals surface area contributed by atoms with Crippen LogP contribution < -0.4 is 16.4 Å². The number of nitrogen functional groups attached to an aromatic ring is 1. The number of halogens is 1. The van der Waals surface area contributed by atoms with Gasteiger partial charge in [-0.3, -0.25) is 4.79 Å². The molecule has 1 saturated carbocycles. The van der Waals surface area contributed by atoms with Gasteiger partial charge in [-0.2, -0.15) is 0 Å². The Morgan fingerprint density at radius 3 is 2.68 bits per heavy atom. The molecule has 0 bridgehead atoms. The first kappa shape index (κ1) is 14.7. The Labute approximate surface area is 134 Å². The van der Waals surface area contributed by atoms with E-state index in [1.54, 1.807) is 12.1 Å². The lowest BCUT2D eigenvalue weighted by Crippen LogP contribution is -2.26. The van der Waals surface area contributed by atoms with E-state index in [0.717, 1.165) is 29.8 Å². The van der Waals surface area contributed by atoms with Crippen molar-refractivity contribution in [1.29, 1.82) is 0 Å². The Hall–Kier alpha value is -2.20. The molecule has 0 saturated heterocycles. The minimum absolute atomic E-state index is 0.100. The van der Waals surface area contributed by atoms with Crippen LogP contribution in [-0.4, -0.2) is 11.9 Å². The SMILES string of the molecule is Cc1ccc(Cl)cc1Nc1ccc(N)cc1C(=O)NC1CC1. The number of hydrogen-bond donors (Lipinski definition) is 3. The van der Waals surface area contributed by atoms with Gasteiger partial charge in [0.2, 0.25) is 0 Å². The molecule has 114 valence electrons. The van der Waals surface area contributed by atoms with Crippen LogP contribution in [0.3, 0.4) is 0 Å². The molecule has 4 N–H and O–H groups in total. The van der Waals surface area contributed by atoms with Crippen LogP contribution in [0.2, 0.25) is 5.02 Å². The molecule has 5 heteroatoms. The summed E-state index contributed by atoms with van der Waals surface area (Å²) in [7, 11) is 0. The summed E-state index contributed by atoms with van der Waals surface area (Å²) in [6, 6.07) is 11.2. The van der Waals surface area contributed by atoms with Crippen LogP contribution in [0.25, 0.3) is 0 Å². The standard InChI is InChI=1S/C17H18ClN3O/c1-10-2-3-11(18)8-16(10)21-15-7-4-12(19)9-14(15)17(22)20-13-5-6-13/h2-4,7-9,13,21H,5-6,19H2,1H3,(H,20,22). The van der Waals surface area contributed by atoms with E-state index in [2.05, 4.69) is 10.6 Å². The molecule has 0 unspecified atom stereocenters. The summed E-state index contributed by atoms with van der Waals surface area (Å²) in [5, 5.41) is 6.92. The van der Waals surface area contributed by atoms with Gasteiger partial charge in [-0.15, -0.1) is 0 Å².